The summed E-state index contributed by atoms with van der Waals surface area (Å²) in [4.78, 5) is 12.5. The van der Waals surface area contributed by atoms with Crippen LogP contribution in [0.2, 0.25) is 5.02 Å². The van der Waals surface area contributed by atoms with Crippen LogP contribution in [0.25, 0.3) is 0 Å². The summed E-state index contributed by atoms with van der Waals surface area (Å²) >= 11 is 5.89. The number of rotatable bonds is 2. The first-order valence-electron chi connectivity index (χ1n) is 4.53. The van der Waals surface area contributed by atoms with Crippen molar-refractivity contribution in [1.82, 2.24) is 0 Å². The van der Waals surface area contributed by atoms with Gasteiger partial charge in [-0.05, 0) is 24.6 Å². The molecular formula is C11H11ClN2O2. The third-order valence-corrected chi connectivity index (χ3v) is 2.40. The molecule has 0 fully saturated rings. The summed E-state index contributed by atoms with van der Waals surface area (Å²) in [7, 11) is 3.00. The van der Waals surface area contributed by atoms with Crippen LogP contribution in [0.4, 0.5) is 5.69 Å². The van der Waals surface area contributed by atoms with E-state index in [1.54, 1.807) is 18.2 Å². The number of carbonyl (C=O) groups excluding carboxylic acids is 1. The van der Waals surface area contributed by atoms with Gasteiger partial charge in [-0.15, -0.1) is 0 Å². The number of anilines is 1. The lowest BCUT2D eigenvalue weighted by atomic mass is 10.2. The summed E-state index contributed by atoms with van der Waals surface area (Å²) in [6.07, 6.45) is 0. The van der Waals surface area contributed by atoms with E-state index in [9.17, 15) is 4.79 Å². The highest BCUT2D eigenvalue weighted by Gasteiger charge is 2.17. The minimum atomic E-state index is -0.667. The zero-order chi connectivity index (χ0) is 12.3. The minimum Gasteiger partial charge on any atom is -0.494 e. The molecule has 84 valence electrons. The van der Waals surface area contributed by atoms with Crippen LogP contribution in [0, 0.1) is 18.3 Å². The van der Waals surface area contributed by atoms with Gasteiger partial charge < -0.3 is 4.74 Å². The summed E-state index contributed by atoms with van der Waals surface area (Å²) in [5.74, 6) is -0.129. The van der Waals surface area contributed by atoms with Crippen molar-refractivity contribution in [1.29, 1.82) is 5.26 Å². The van der Waals surface area contributed by atoms with Crippen LogP contribution in [-0.4, -0.2) is 20.1 Å². The average Bonchev–Trinajstić information content (AvgIpc) is 2.26. The SMILES string of the molecule is COc1c(C)cc(Cl)cc1N(C)C(=O)C#N. The molecule has 5 heteroatoms. The molecule has 0 saturated carbocycles. The second kappa shape index (κ2) is 4.86. The number of ether oxygens (including phenoxy) is 1. The van der Waals surface area contributed by atoms with Crippen LogP contribution >= 0.6 is 11.6 Å². The third-order valence-electron chi connectivity index (χ3n) is 2.19. The summed E-state index contributed by atoms with van der Waals surface area (Å²) in [5, 5.41) is 9.05. The molecule has 0 heterocycles. The molecule has 0 aliphatic heterocycles. The molecule has 4 nitrogen and oxygen atoms in total. The van der Waals surface area contributed by atoms with E-state index in [-0.39, 0.29) is 0 Å². The zero-order valence-electron chi connectivity index (χ0n) is 9.24. The molecule has 0 aliphatic rings. The largest absolute Gasteiger partial charge is 0.494 e. The van der Waals surface area contributed by atoms with Gasteiger partial charge in [0.1, 0.15) is 5.75 Å². The molecule has 0 aromatic heterocycles. The Labute approximate surface area is 99.0 Å². The van der Waals surface area contributed by atoms with Crippen molar-refractivity contribution in [2.45, 2.75) is 6.92 Å². The van der Waals surface area contributed by atoms with Crippen molar-refractivity contribution in [3.05, 3.63) is 22.7 Å². The van der Waals surface area contributed by atoms with Gasteiger partial charge in [0.15, 0.2) is 6.07 Å². The van der Waals surface area contributed by atoms with Gasteiger partial charge in [0, 0.05) is 12.1 Å². The Hall–Kier alpha value is -1.73. The second-order valence-electron chi connectivity index (χ2n) is 3.25. The molecule has 0 spiro atoms. The summed E-state index contributed by atoms with van der Waals surface area (Å²) in [5.41, 5.74) is 1.29. The van der Waals surface area contributed by atoms with E-state index in [0.29, 0.717) is 16.5 Å². The number of methoxy groups -OCH3 is 1. The summed E-state index contributed by atoms with van der Waals surface area (Å²) in [6.45, 7) is 1.82. The Morgan fingerprint density at radius 2 is 2.19 bits per heavy atom. The fraction of sp³-hybridized carbons (Fsp3) is 0.273. The van der Waals surface area contributed by atoms with Crippen LogP contribution in [-0.2, 0) is 4.79 Å². The zero-order valence-corrected chi connectivity index (χ0v) is 10.00. The van der Waals surface area contributed by atoms with Crippen molar-refractivity contribution in [2.75, 3.05) is 19.1 Å². The number of benzene rings is 1. The first-order chi connectivity index (χ1) is 7.51. The first kappa shape index (κ1) is 12.3. The molecule has 0 radical (unpaired) electrons. The molecule has 0 bridgehead atoms. The average molecular weight is 239 g/mol. The van der Waals surface area contributed by atoms with Gasteiger partial charge in [-0.25, -0.2) is 0 Å². The van der Waals surface area contributed by atoms with E-state index in [2.05, 4.69) is 0 Å². The van der Waals surface area contributed by atoms with Gasteiger partial charge in [-0.2, -0.15) is 5.26 Å². The molecule has 0 atom stereocenters. The molecule has 16 heavy (non-hydrogen) atoms. The van der Waals surface area contributed by atoms with Gasteiger partial charge in [-0.3, -0.25) is 9.69 Å². The van der Waals surface area contributed by atoms with Crippen LogP contribution < -0.4 is 9.64 Å². The third kappa shape index (κ3) is 2.26. The number of nitriles is 1. The lowest BCUT2D eigenvalue weighted by Gasteiger charge is -2.18. The number of hydrogen-bond acceptors (Lipinski definition) is 3. The molecule has 0 unspecified atom stereocenters. The Morgan fingerprint density at radius 1 is 1.56 bits per heavy atom. The minimum absolute atomic E-state index is 0.485. The lowest BCUT2D eigenvalue weighted by Crippen LogP contribution is -2.25. The van der Waals surface area contributed by atoms with Gasteiger partial charge in [0.2, 0.25) is 0 Å². The van der Waals surface area contributed by atoms with Gasteiger partial charge in [-0.1, -0.05) is 11.6 Å². The number of hydrogen-bond donors (Lipinski definition) is 0. The Morgan fingerprint density at radius 3 is 2.69 bits per heavy atom. The van der Waals surface area contributed by atoms with Crippen molar-refractivity contribution in [2.24, 2.45) is 0 Å². The topological polar surface area (TPSA) is 53.3 Å². The van der Waals surface area contributed by atoms with Crippen molar-refractivity contribution in [3.63, 3.8) is 0 Å². The summed E-state index contributed by atoms with van der Waals surface area (Å²) in [6, 6.07) is 4.86. The van der Waals surface area contributed by atoms with Crippen LogP contribution in [0.15, 0.2) is 12.1 Å². The van der Waals surface area contributed by atoms with Crippen molar-refractivity contribution in [3.8, 4) is 11.8 Å². The number of carbonyl (C=O) groups is 1. The van der Waals surface area contributed by atoms with Crippen LogP contribution in [0.5, 0.6) is 5.75 Å². The Bertz CT molecular complexity index is 466. The molecule has 0 aliphatic carbocycles. The second-order valence-corrected chi connectivity index (χ2v) is 3.69. The van der Waals surface area contributed by atoms with E-state index in [1.165, 1.54) is 19.1 Å². The predicted molar refractivity (Wildman–Crippen MR) is 61.8 cm³/mol. The number of halogens is 1. The maximum atomic E-state index is 11.3. The number of aryl methyl sites for hydroxylation is 1. The van der Waals surface area contributed by atoms with Crippen molar-refractivity contribution >= 4 is 23.2 Å². The molecule has 0 N–H and O–H groups in total. The molecule has 1 aromatic carbocycles. The maximum absolute atomic E-state index is 11.3. The van der Waals surface area contributed by atoms with Gasteiger partial charge >= 0.3 is 5.91 Å². The normalized spacial score (nSPS) is 9.44. The fourth-order valence-corrected chi connectivity index (χ4v) is 1.68. The van der Waals surface area contributed by atoms with Gasteiger partial charge in [0.25, 0.3) is 0 Å². The molecule has 1 rings (SSSR count). The van der Waals surface area contributed by atoms with Crippen LogP contribution in [0.1, 0.15) is 5.56 Å². The monoisotopic (exact) mass is 238 g/mol. The lowest BCUT2D eigenvalue weighted by molar-refractivity contribution is -0.113. The Balaban J connectivity index is 3.32. The van der Waals surface area contributed by atoms with Gasteiger partial charge in [0.05, 0.1) is 12.8 Å². The van der Waals surface area contributed by atoms with E-state index in [4.69, 9.17) is 21.6 Å². The van der Waals surface area contributed by atoms with E-state index >= 15 is 0 Å². The van der Waals surface area contributed by atoms with E-state index < -0.39 is 5.91 Å². The smallest absolute Gasteiger partial charge is 0.329 e. The fourth-order valence-electron chi connectivity index (χ4n) is 1.41. The quantitative estimate of drug-likeness (QED) is 0.742. The molecular weight excluding hydrogens is 228 g/mol. The summed E-state index contributed by atoms with van der Waals surface area (Å²) < 4.78 is 5.18. The number of nitrogens with zero attached hydrogens (tertiary/aromatic N) is 2. The Kier molecular flexibility index (Phi) is 3.75. The number of amides is 1. The highest BCUT2D eigenvalue weighted by Crippen LogP contribution is 2.34. The molecule has 1 amide bonds. The molecule has 0 saturated heterocycles. The highest BCUT2D eigenvalue weighted by molar-refractivity contribution is 6.31. The van der Waals surface area contributed by atoms with Crippen molar-refractivity contribution < 1.29 is 9.53 Å². The van der Waals surface area contributed by atoms with E-state index in [0.717, 1.165) is 5.56 Å². The van der Waals surface area contributed by atoms with E-state index in [1.807, 2.05) is 6.92 Å². The predicted octanol–water partition coefficient (Wildman–Crippen LogP) is 2.14. The standard InChI is InChI=1S/C11H11ClN2O2/c1-7-4-8(12)5-9(11(7)16-3)14(2)10(15)6-13/h4-5H,1-3H3. The molecule has 1 aromatic rings. The highest BCUT2D eigenvalue weighted by atomic mass is 35.5. The maximum Gasteiger partial charge on any atom is 0.329 e. The first-order valence-corrected chi connectivity index (χ1v) is 4.91. The van der Waals surface area contributed by atoms with Crippen LogP contribution in [0.3, 0.4) is 0 Å².